The number of nitrogens with zero attached hydrogens (tertiary/aromatic N) is 3. The fourth-order valence-corrected chi connectivity index (χ4v) is 3.23. The first-order valence-corrected chi connectivity index (χ1v) is 9.37. The summed E-state index contributed by atoms with van der Waals surface area (Å²) in [4.78, 5) is 12.6. The largest absolute Gasteiger partial charge is 0.207 e. The van der Waals surface area contributed by atoms with Gasteiger partial charge in [0.25, 0.3) is 0 Å². The summed E-state index contributed by atoms with van der Waals surface area (Å²) >= 11 is 6.58. The van der Waals surface area contributed by atoms with Gasteiger partial charge >= 0.3 is 0 Å². The molecule has 114 valence electrons. The minimum absolute atomic E-state index is 0.612. The van der Waals surface area contributed by atoms with Crippen molar-refractivity contribution in [2.24, 2.45) is 0 Å². The monoisotopic (exact) mass is 405 g/mol. The van der Waals surface area contributed by atoms with Crippen LogP contribution in [0.1, 0.15) is 77.0 Å². The zero-order valence-electron chi connectivity index (χ0n) is 12.4. The zero-order chi connectivity index (χ0) is 14.6. The smallest absolute Gasteiger partial charge is 0.200 e. The lowest BCUT2D eigenvalue weighted by Crippen LogP contribution is -1.99. The van der Waals surface area contributed by atoms with Crippen LogP contribution in [0.2, 0.25) is 0 Å². The van der Waals surface area contributed by atoms with E-state index >= 15 is 0 Å². The Morgan fingerprint density at radius 1 is 0.650 bits per heavy atom. The molecule has 0 atom stereocenters. The van der Waals surface area contributed by atoms with Gasteiger partial charge < -0.3 is 0 Å². The quantitative estimate of drug-likeness (QED) is 0.432. The average Bonchev–Trinajstić information content (AvgIpc) is 2.40. The number of hydrogen-bond acceptors (Lipinski definition) is 3. The Morgan fingerprint density at radius 3 is 1.60 bits per heavy atom. The Labute approximate surface area is 139 Å². The predicted octanol–water partition coefficient (Wildman–Crippen LogP) is 5.86. The van der Waals surface area contributed by atoms with E-state index in [1.54, 1.807) is 0 Å². The second kappa shape index (κ2) is 11.6. The Hall–Kier alpha value is -0.0300. The van der Waals surface area contributed by atoms with E-state index in [1.165, 1.54) is 64.2 Å². The van der Waals surface area contributed by atoms with Crippen LogP contribution in [-0.2, 0) is 6.42 Å². The van der Waals surface area contributed by atoms with E-state index in [9.17, 15) is 0 Å². The molecule has 0 aliphatic rings. The fourth-order valence-electron chi connectivity index (χ4n) is 2.25. The second-order valence-corrected chi connectivity index (χ2v) is 6.64. The molecule has 3 nitrogen and oxygen atoms in total. The van der Waals surface area contributed by atoms with Crippen LogP contribution in [0.25, 0.3) is 0 Å². The summed E-state index contributed by atoms with van der Waals surface area (Å²) in [6, 6.07) is 0. The van der Waals surface area contributed by atoms with Gasteiger partial charge in [0.1, 0.15) is 5.82 Å². The third-order valence-electron chi connectivity index (χ3n) is 3.38. The second-order valence-electron chi connectivity index (χ2n) is 5.22. The number of halogens is 2. The highest BCUT2D eigenvalue weighted by Crippen LogP contribution is 2.13. The zero-order valence-corrected chi connectivity index (χ0v) is 15.5. The SMILES string of the molecule is CCCCCCCCCCCCc1nc(Br)nc(Br)n1. The molecular weight excluding hydrogens is 382 g/mol. The molecule has 20 heavy (non-hydrogen) atoms. The summed E-state index contributed by atoms with van der Waals surface area (Å²) in [5.41, 5.74) is 0. The number of aryl methyl sites for hydroxylation is 1. The van der Waals surface area contributed by atoms with E-state index in [4.69, 9.17) is 0 Å². The van der Waals surface area contributed by atoms with Crippen LogP contribution in [-0.4, -0.2) is 15.0 Å². The van der Waals surface area contributed by atoms with Crippen LogP contribution >= 0.6 is 31.9 Å². The topological polar surface area (TPSA) is 38.7 Å². The lowest BCUT2D eigenvalue weighted by Gasteiger charge is -2.03. The van der Waals surface area contributed by atoms with Gasteiger partial charge in [-0.25, -0.2) is 9.97 Å². The molecule has 5 heteroatoms. The molecule has 1 aromatic heterocycles. The van der Waals surface area contributed by atoms with Crippen molar-refractivity contribution < 1.29 is 0 Å². The van der Waals surface area contributed by atoms with Crippen LogP contribution in [0.5, 0.6) is 0 Å². The molecule has 0 saturated carbocycles. The van der Waals surface area contributed by atoms with Gasteiger partial charge in [-0.2, -0.15) is 4.98 Å². The molecule has 0 spiro atoms. The normalized spacial score (nSPS) is 10.9. The summed E-state index contributed by atoms with van der Waals surface area (Å²) in [5.74, 6) is 0.873. The summed E-state index contributed by atoms with van der Waals surface area (Å²) < 4.78 is 1.22. The summed E-state index contributed by atoms with van der Waals surface area (Å²) in [6.45, 7) is 2.27. The third-order valence-corrected chi connectivity index (χ3v) is 4.09. The van der Waals surface area contributed by atoms with Crippen molar-refractivity contribution in [2.45, 2.75) is 77.6 Å². The molecule has 0 N–H and O–H groups in total. The van der Waals surface area contributed by atoms with Crippen LogP contribution in [0.3, 0.4) is 0 Å². The molecule has 1 heterocycles. The summed E-state index contributed by atoms with van der Waals surface area (Å²) in [5, 5.41) is 0. The van der Waals surface area contributed by atoms with Crippen molar-refractivity contribution in [3.05, 3.63) is 15.3 Å². The van der Waals surface area contributed by atoms with Crippen LogP contribution in [0, 0.1) is 0 Å². The third kappa shape index (κ3) is 9.01. The van der Waals surface area contributed by atoms with Gasteiger partial charge in [-0.15, -0.1) is 0 Å². The van der Waals surface area contributed by atoms with Gasteiger partial charge in [-0.3, -0.25) is 0 Å². The summed E-state index contributed by atoms with van der Waals surface area (Å²) in [7, 11) is 0. The van der Waals surface area contributed by atoms with E-state index in [-0.39, 0.29) is 0 Å². The molecule has 0 amide bonds. The van der Waals surface area contributed by atoms with Crippen molar-refractivity contribution in [1.29, 1.82) is 0 Å². The van der Waals surface area contributed by atoms with E-state index in [0.29, 0.717) is 9.47 Å². The van der Waals surface area contributed by atoms with Gasteiger partial charge in [0.2, 0.25) is 9.47 Å². The van der Waals surface area contributed by atoms with Crippen LogP contribution in [0.4, 0.5) is 0 Å². The van der Waals surface area contributed by atoms with Crippen molar-refractivity contribution in [3.63, 3.8) is 0 Å². The maximum Gasteiger partial charge on any atom is 0.200 e. The molecular formula is C15H25Br2N3. The molecule has 1 rings (SSSR count). The number of aromatic nitrogens is 3. The van der Waals surface area contributed by atoms with Crippen molar-refractivity contribution >= 4 is 31.9 Å². The molecule has 0 aromatic carbocycles. The lowest BCUT2D eigenvalue weighted by atomic mass is 10.1. The highest BCUT2D eigenvalue weighted by Gasteiger charge is 2.02. The number of rotatable bonds is 11. The molecule has 0 aliphatic heterocycles. The van der Waals surface area contributed by atoms with E-state index < -0.39 is 0 Å². The van der Waals surface area contributed by atoms with Crippen LogP contribution in [0.15, 0.2) is 9.47 Å². The maximum atomic E-state index is 4.27. The van der Waals surface area contributed by atoms with Crippen LogP contribution < -0.4 is 0 Å². The highest BCUT2D eigenvalue weighted by molar-refractivity contribution is 9.11. The minimum atomic E-state index is 0.612. The van der Waals surface area contributed by atoms with Crippen molar-refractivity contribution in [1.82, 2.24) is 15.0 Å². The number of hydrogen-bond donors (Lipinski definition) is 0. The maximum absolute atomic E-state index is 4.27. The molecule has 0 radical (unpaired) electrons. The Balaban J connectivity index is 1.97. The fraction of sp³-hybridized carbons (Fsp3) is 0.800. The Kier molecular flexibility index (Phi) is 10.5. The first-order valence-electron chi connectivity index (χ1n) is 7.78. The number of unbranched alkanes of at least 4 members (excludes halogenated alkanes) is 9. The van der Waals surface area contributed by atoms with Gasteiger partial charge in [0.05, 0.1) is 0 Å². The highest BCUT2D eigenvalue weighted by atomic mass is 79.9. The lowest BCUT2D eigenvalue weighted by molar-refractivity contribution is 0.553. The molecule has 0 saturated heterocycles. The van der Waals surface area contributed by atoms with Gasteiger partial charge in [-0.05, 0) is 38.3 Å². The van der Waals surface area contributed by atoms with E-state index in [1.807, 2.05) is 0 Å². The first-order chi connectivity index (χ1) is 9.72. The molecule has 1 aromatic rings. The van der Waals surface area contributed by atoms with Gasteiger partial charge in [0, 0.05) is 6.42 Å². The molecule has 0 unspecified atom stereocenters. The predicted molar refractivity (Wildman–Crippen MR) is 90.8 cm³/mol. The van der Waals surface area contributed by atoms with E-state index in [0.717, 1.165) is 12.2 Å². The Morgan fingerprint density at radius 2 is 1.10 bits per heavy atom. The summed E-state index contributed by atoms with van der Waals surface area (Å²) in [6.07, 6.45) is 14.5. The molecule has 0 bridgehead atoms. The van der Waals surface area contributed by atoms with E-state index in [2.05, 4.69) is 53.7 Å². The minimum Gasteiger partial charge on any atom is -0.207 e. The molecule has 0 fully saturated rings. The van der Waals surface area contributed by atoms with Gasteiger partial charge in [-0.1, -0.05) is 64.7 Å². The standard InChI is InChI=1S/C15H25Br2N3/c1-2-3-4-5-6-7-8-9-10-11-12-13-18-14(16)20-15(17)19-13/h2-12H2,1H3. The first kappa shape index (κ1) is 18.0. The van der Waals surface area contributed by atoms with Crippen molar-refractivity contribution in [2.75, 3.05) is 0 Å². The Bertz CT molecular complexity index is 352. The van der Waals surface area contributed by atoms with Crippen molar-refractivity contribution in [3.8, 4) is 0 Å². The van der Waals surface area contributed by atoms with Gasteiger partial charge in [0.15, 0.2) is 0 Å². The molecule has 0 aliphatic carbocycles. The average molecular weight is 407 g/mol.